The lowest BCUT2D eigenvalue weighted by Gasteiger charge is -2.16. The van der Waals surface area contributed by atoms with Crippen LogP contribution in [0.15, 0.2) is 18.2 Å². The molecule has 2 unspecified atom stereocenters. The van der Waals surface area contributed by atoms with Crippen LogP contribution in [0.1, 0.15) is 24.2 Å². The molecule has 6 heteroatoms. The van der Waals surface area contributed by atoms with Gasteiger partial charge in [-0.05, 0) is 25.1 Å². The molecule has 0 fully saturated rings. The molecule has 0 bridgehead atoms. The molecule has 0 saturated carbocycles. The van der Waals surface area contributed by atoms with Gasteiger partial charge < -0.3 is 15.8 Å². The lowest BCUT2D eigenvalue weighted by Crippen LogP contribution is -2.34. The van der Waals surface area contributed by atoms with E-state index in [-0.39, 0.29) is 23.4 Å². The molecule has 2 atom stereocenters. The topological polar surface area (TPSA) is 81.4 Å². The molecule has 19 heavy (non-hydrogen) atoms. The summed E-state index contributed by atoms with van der Waals surface area (Å²) in [5, 5.41) is 3.06. The molecular formula is C13H17ClN2O3. The van der Waals surface area contributed by atoms with Crippen molar-refractivity contribution in [1.29, 1.82) is 0 Å². The highest BCUT2D eigenvalue weighted by molar-refractivity contribution is 6.31. The molecule has 0 radical (unpaired) electrons. The van der Waals surface area contributed by atoms with Gasteiger partial charge in [0, 0.05) is 11.1 Å². The Balaban J connectivity index is 3.02. The summed E-state index contributed by atoms with van der Waals surface area (Å²) < 4.78 is 4.65. The molecule has 1 amide bonds. The number of hydrogen-bond acceptors (Lipinski definition) is 4. The highest BCUT2D eigenvalue weighted by atomic mass is 35.5. The summed E-state index contributed by atoms with van der Waals surface area (Å²) >= 11 is 5.86. The number of benzene rings is 1. The van der Waals surface area contributed by atoms with E-state index < -0.39 is 5.97 Å². The fourth-order valence-corrected chi connectivity index (χ4v) is 1.57. The van der Waals surface area contributed by atoms with E-state index in [2.05, 4.69) is 10.1 Å². The van der Waals surface area contributed by atoms with Crippen LogP contribution < -0.4 is 11.1 Å². The second-order valence-electron chi connectivity index (χ2n) is 4.32. The second kappa shape index (κ2) is 6.54. The van der Waals surface area contributed by atoms with E-state index in [1.54, 1.807) is 19.9 Å². The molecule has 0 aromatic heterocycles. The Morgan fingerprint density at radius 2 is 2.00 bits per heavy atom. The lowest BCUT2D eigenvalue weighted by molar-refractivity contribution is -0.119. The van der Waals surface area contributed by atoms with Gasteiger partial charge in [0.1, 0.15) is 0 Å². The number of esters is 1. The van der Waals surface area contributed by atoms with Gasteiger partial charge in [0.25, 0.3) is 0 Å². The number of amides is 1. The van der Waals surface area contributed by atoms with E-state index in [1.165, 1.54) is 19.2 Å². The zero-order valence-electron chi connectivity index (χ0n) is 11.1. The Kier molecular flexibility index (Phi) is 5.32. The normalized spacial score (nSPS) is 13.5. The first-order chi connectivity index (χ1) is 8.86. The summed E-state index contributed by atoms with van der Waals surface area (Å²) in [5.41, 5.74) is 6.23. The smallest absolute Gasteiger partial charge is 0.339 e. The predicted octanol–water partition coefficient (Wildman–Crippen LogP) is 2.05. The summed E-state index contributed by atoms with van der Waals surface area (Å²) in [5.74, 6) is -1.20. The van der Waals surface area contributed by atoms with E-state index in [0.717, 1.165) is 0 Å². The van der Waals surface area contributed by atoms with E-state index in [0.29, 0.717) is 10.7 Å². The van der Waals surface area contributed by atoms with Crippen molar-refractivity contribution in [2.45, 2.75) is 19.9 Å². The quantitative estimate of drug-likeness (QED) is 0.829. The maximum absolute atomic E-state index is 11.9. The zero-order valence-corrected chi connectivity index (χ0v) is 11.8. The number of rotatable bonds is 4. The molecule has 5 nitrogen and oxygen atoms in total. The number of methoxy groups -OCH3 is 1. The van der Waals surface area contributed by atoms with Crippen LogP contribution in [0.5, 0.6) is 0 Å². The van der Waals surface area contributed by atoms with Crippen LogP contribution in [0.2, 0.25) is 5.02 Å². The van der Waals surface area contributed by atoms with Crippen LogP contribution in [0, 0.1) is 5.92 Å². The van der Waals surface area contributed by atoms with Gasteiger partial charge in [-0.15, -0.1) is 0 Å². The largest absolute Gasteiger partial charge is 0.465 e. The van der Waals surface area contributed by atoms with Gasteiger partial charge in [-0.25, -0.2) is 4.79 Å². The Bertz CT molecular complexity index is 489. The van der Waals surface area contributed by atoms with Gasteiger partial charge in [0.15, 0.2) is 0 Å². The molecule has 0 aliphatic rings. The number of nitrogens with two attached hydrogens (primary N) is 1. The summed E-state index contributed by atoms with van der Waals surface area (Å²) in [7, 11) is 1.27. The van der Waals surface area contributed by atoms with E-state index in [9.17, 15) is 9.59 Å². The van der Waals surface area contributed by atoms with Crippen molar-refractivity contribution in [3.63, 3.8) is 0 Å². The number of hydrogen-bond donors (Lipinski definition) is 2. The minimum Gasteiger partial charge on any atom is -0.465 e. The highest BCUT2D eigenvalue weighted by Crippen LogP contribution is 2.22. The van der Waals surface area contributed by atoms with Crippen molar-refractivity contribution in [3.8, 4) is 0 Å². The molecule has 1 aromatic rings. The van der Waals surface area contributed by atoms with Crippen LogP contribution in [0.25, 0.3) is 0 Å². The number of halogens is 1. The molecule has 0 aliphatic heterocycles. The average Bonchev–Trinajstić information content (AvgIpc) is 2.36. The van der Waals surface area contributed by atoms with Crippen molar-refractivity contribution in [3.05, 3.63) is 28.8 Å². The van der Waals surface area contributed by atoms with Gasteiger partial charge in [0.05, 0.1) is 24.3 Å². The molecule has 0 saturated heterocycles. The summed E-state index contributed by atoms with van der Waals surface area (Å²) in [4.78, 5) is 23.5. The van der Waals surface area contributed by atoms with Crippen LogP contribution >= 0.6 is 11.6 Å². The fourth-order valence-electron chi connectivity index (χ4n) is 1.39. The van der Waals surface area contributed by atoms with Crippen LogP contribution in [0.4, 0.5) is 5.69 Å². The minimum absolute atomic E-state index is 0.247. The lowest BCUT2D eigenvalue weighted by atomic mass is 10.0. The van der Waals surface area contributed by atoms with Crippen molar-refractivity contribution in [1.82, 2.24) is 0 Å². The molecular weight excluding hydrogens is 268 g/mol. The number of nitrogens with one attached hydrogen (secondary N) is 1. The Hall–Kier alpha value is -1.59. The van der Waals surface area contributed by atoms with Crippen molar-refractivity contribution >= 4 is 29.2 Å². The molecule has 3 N–H and O–H groups in total. The van der Waals surface area contributed by atoms with Crippen LogP contribution in [-0.2, 0) is 9.53 Å². The third-order valence-corrected chi connectivity index (χ3v) is 3.08. The standard InChI is InChI=1S/C13H17ClN2O3/c1-7(8(2)15)12(17)16-11-6-9(14)4-5-10(11)13(18)19-3/h4-8H,15H2,1-3H3,(H,16,17). The van der Waals surface area contributed by atoms with Crippen LogP contribution in [-0.4, -0.2) is 25.0 Å². The number of ether oxygens (including phenoxy) is 1. The predicted molar refractivity (Wildman–Crippen MR) is 74.2 cm³/mol. The molecule has 0 spiro atoms. The average molecular weight is 285 g/mol. The van der Waals surface area contributed by atoms with E-state index in [4.69, 9.17) is 17.3 Å². The zero-order chi connectivity index (χ0) is 14.6. The van der Waals surface area contributed by atoms with Crippen LogP contribution in [0.3, 0.4) is 0 Å². The Morgan fingerprint density at radius 1 is 1.37 bits per heavy atom. The molecule has 1 rings (SSSR count). The van der Waals surface area contributed by atoms with Crippen molar-refractivity contribution in [2.75, 3.05) is 12.4 Å². The second-order valence-corrected chi connectivity index (χ2v) is 4.75. The van der Waals surface area contributed by atoms with Crippen molar-refractivity contribution in [2.24, 2.45) is 11.7 Å². The molecule has 1 aromatic carbocycles. The summed E-state index contributed by atoms with van der Waals surface area (Å²) in [6.07, 6.45) is 0. The summed E-state index contributed by atoms with van der Waals surface area (Å²) in [6, 6.07) is 4.26. The third kappa shape index (κ3) is 3.94. The van der Waals surface area contributed by atoms with Gasteiger partial charge in [0.2, 0.25) is 5.91 Å². The van der Waals surface area contributed by atoms with E-state index in [1.807, 2.05) is 0 Å². The van der Waals surface area contributed by atoms with Gasteiger partial charge in [-0.1, -0.05) is 18.5 Å². The van der Waals surface area contributed by atoms with Crippen molar-refractivity contribution < 1.29 is 14.3 Å². The third-order valence-electron chi connectivity index (χ3n) is 2.85. The van der Waals surface area contributed by atoms with Gasteiger partial charge in [-0.2, -0.15) is 0 Å². The Labute approximate surface area is 117 Å². The monoisotopic (exact) mass is 284 g/mol. The molecule has 104 valence electrons. The number of anilines is 1. The highest BCUT2D eigenvalue weighted by Gasteiger charge is 2.20. The number of carbonyl (C=O) groups is 2. The van der Waals surface area contributed by atoms with Gasteiger partial charge >= 0.3 is 5.97 Å². The maximum Gasteiger partial charge on any atom is 0.339 e. The number of carbonyl (C=O) groups excluding carboxylic acids is 2. The molecule has 0 aliphatic carbocycles. The SMILES string of the molecule is COC(=O)c1ccc(Cl)cc1NC(=O)C(C)C(C)N. The molecule has 0 heterocycles. The van der Waals surface area contributed by atoms with E-state index >= 15 is 0 Å². The first-order valence-corrected chi connectivity index (χ1v) is 6.19. The minimum atomic E-state index is -0.541. The first kappa shape index (κ1) is 15.5. The maximum atomic E-state index is 11.9. The fraction of sp³-hybridized carbons (Fsp3) is 0.385. The van der Waals surface area contributed by atoms with Gasteiger partial charge in [-0.3, -0.25) is 4.79 Å². The Morgan fingerprint density at radius 3 is 2.53 bits per heavy atom. The first-order valence-electron chi connectivity index (χ1n) is 5.81. The summed E-state index contributed by atoms with van der Waals surface area (Å²) in [6.45, 7) is 3.45.